The number of nitrogen functional groups attached to an aromatic ring is 1. The molecule has 39 heavy (non-hydrogen) atoms. The molecule has 8 N–H and O–H groups in total. The molecular weight excluding hydrogens is 496 g/mol. The van der Waals surface area contributed by atoms with Crippen LogP contribution in [0.25, 0.3) is 10.9 Å². The van der Waals surface area contributed by atoms with E-state index >= 15 is 0 Å². The summed E-state index contributed by atoms with van der Waals surface area (Å²) in [4.78, 5) is 42.8. The Morgan fingerprint density at radius 1 is 1.26 bits per heavy atom. The van der Waals surface area contributed by atoms with Crippen molar-refractivity contribution in [2.45, 2.75) is 19.0 Å². The lowest BCUT2D eigenvalue weighted by molar-refractivity contribution is -0.120. The normalized spacial score (nSPS) is 21.8. The Balaban J connectivity index is 1.38. The molecule has 12 nitrogen and oxygen atoms in total. The van der Waals surface area contributed by atoms with Gasteiger partial charge in [-0.1, -0.05) is 13.0 Å². The number of nitrogens with zero attached hydrogens (tertiary/aromatic N) is 5. The quantitative estimate of drug-likeness (QED) is 0.285. The van der Waals surface area contributed by atoms with E-state index in [0.29, 0.717) is 43.9 Å². The summed E-state index contributed by atoms with van der Waals surface area (Å²) in [6.45, 7) is 5.31. The SMILES string of the molecule is CC1CN(c2ccncc2NC(=O)c2nc3cc(N4CCNC(=O)C4)ccc3cc2N)CC(N)C1N=CCN. The van der Waals surface area contributed by atoms with Crippen molar-refractivity contribution >= 4 is 51.7 Å². The molecule has 2 aliphatic rings. The second kappa shape index (κ2) is 11.2. The lowest BCUT2D eigenvalue weighted by Crippen LogP contribution is -2.55. The van der Waals surface area contributed by atoms with Crippen LogP contribution in [-0.4, -0.2) is 79.3 Å². The van der Waals surface area contributed by atoms with E-state index in [1.54, 1.807) is 24.7 Å². The first-order valence-electron chi connectivity index (χ1n) is 13.0. The summed E-state index contributed by atoms with van der Waals surface area (Å²) in [5.41, 5.74) is 21.5. The average Bonchev–Trinajstić information content (AvgIpc) is 2.92. The predicted molar refractivity (Wildman–Crippen MR) is 154 cm³/mol. The van der Waals surface area contributed by atoms with Crippen LogP contribution in [0.1, 0.15) is 17.4 Å². The number of nitrogens with one attached hydrogen (secondary N) is 2. The summed E-state index contributed by atoms with van der Waals surface area (Å²) in [7, 11) is 0. The van der Waals surface area contributed by atoms with E-state index in [-0.39, 0.29) is 41.8 Å². The first-order valence-corrected chi connectivity index (χ1v) is 13.0. The van der Waals surface area contributed by atoms with Crippen LogP contribution in [0, 0.1) is 5.92 Å². The zero-order valence-electron chi connectivity index (χ0n) is 21.9. The van der Waals surface area contributed by atoms with Crippen LogP contribution in [0.15, 0.2) is 47.7 Å². The molecule has 12 heteroatoms. The number of carbonyl (C=O) groups is 2. The largest absolute Gasteiger partial charge is 0.397 e. The number of pyridine rings is 2. The number of aromatic nitrogens is 2. The lowest BCUT2D eigenvalue weighted by Gasteiger charge is -2.41. The number of amides is 2. The van der Waals surface area contributed by atoms with Gasteiger partial charge in [-0.3, -0.25) is 19.6 Å². The van der Waals surface area contributed by atoms with Gasteiger partial charge in [0.25, 0.3) is 5.91 Å². The number of carbonyl (C=O) groups excluding carboxylic acids is 2. The third-order valence-electron chi connectivity index (χ3n) is 7.18. The molecule has 3 aromatic rings. The van der Waals surface area contributed by atoms with Crippen molar-refractivity contribution in [3.63, 3.8) is 0 Å². The molecule has 2 fully saturated rings. The molecular formula is C27H34N10O2. The molecule has 3 atom stereocenters. The molecule has 2 saturated heterocycles. The number of nitrogens with two attached hydrogens (primary N) is 3. The summed E-state index contributed by atoms with van der Waals surface area (Å²) in [6, 6.07) is 9.09. The Bertz CT molecular complexity index is 1400. The molecule has 5 rings (SSSR count). The topological polar surface area (TPSA) is 181 Å². The number of anilines is 4. The minimum absolute atomic E-state index is 0.0181. The smallest absolute Gasteiger partial charge is 0.276 e. The van der Waals surface area contributed by atoms with Gasteiger partial charge >= 0.3 is 0 Å². The lowest BCUT2D eigenvalue weighted by atomic mass is 9.90. The third-order valence-corrected chi connectivity index (χ3v) is 7.18. The van der Waals surface area contributed by atoms with E-state index in [4.69, 9.17) is 17.2 Å². The molecule has 2 amide bonds. The van der Waals surface area contributed by atoms with Crippen LogP contribution < -0.4 is 37.6 Å². The number of fused-ring (bicyclic) bond motifs is 1. The van der Waals surface area contributed by atoms with E-state index in [1.807, 2.05) is 29.2 Å². The van der Waals surface area contributed by atoms with Crippen molar-refractivity contribution in [1.29, 1.82) is 0 Å². The number of benzene rings is 1. The second-order valence-electron chi connectivity index (χ2n) is 10.0. The number of hydrogen-bond acceptors (Lipinski definition) is 10. The Kier molecular flexibility index (Phi) is 7.57. The molecule has 204 valence electrons. The van der Waals surface area contributed by atoms with Crippen molar-refractivity contribution in [3.05, 3.63) is 48.4 Å². The molecule has 0 aliphatic carbocycles. The zero-order chi connectivity index (χ0) is 27.5. The highest BCUT2D eigenvalue weighted by Gasteiger charge is 2.33. The van der Waals surface area contributed by atoms with Crippen LogP contribution in [0.3, 0.4) is 0 Å². The minimum Gasteiger partial charge on any atom is -0.397 e. The van der Waals surface area contributed by atoms with Crippen LogP contribution in [-0.2, 0) is 4.79 Å². The number of aliphatic imine (C=N–C) groups is 1. The van der Waals surface area contributed by atoms with E-state index in [9.17, 15) is 9.59 Å². The maximum Gasteiger partial charge on any atom is 0.276 e. The maximum absolute atomic E-state index is 13.4. The van der Waals surface area contributed by atoms with Crippen molar-refractivity contribution in [3.8, 4) is 0 Å². The number of piperidine rings is 1. The second-order valence-corrected chi connectivity index (χ2v) is 10.0. The van der Waals surface area contributed by atoms with Gasteiger partial charge in [0, 0.05) is 62.3 Å². The van der Waals surface area contributed by atoms with Gasteiger partial charge in [-0.25, -0.2) is 4.98 Å². The fourth-order valence-corrected chi connectivity index (χ4v) is 5.30. The number of piperazine rings is 1. The Labute approximate surface area is 226 Å². The maximum atomic E-state index is 13.4. The van der Waals surface area contributed by atoms with Gasteiger partial charge in [0.15, 0.2) is 5.69 Å². The fraction of sp³-hybridized carbons (Fsp3) is 0.370. The Morgan fingerprint density at radius 3 is 2.87 bits per heavy atom. The van der Waals surface area contributed by atoms with Gasteiger partial charge in [-0.15, -0.1) is 0 Å². The highest BCUT2D eigenvalue weighted by atomic mass is 16.2. The summed E-state index contributed by atoms with van der Waals surface area (Å²) in [6.07, 6.45) is 5.01. The van der Waals surface area contributed by atoms with Gasteiger partial charge in [0.1, 0.15) is 0 Å². The summed E-state index contributed by atoms with van der Waals surface area (Å²) >= 11 is 0. The van der Waals surface area contributed by atoms with Crippen LogP contribution in [0.2, 0.25) is 0 Å². The van der Waals surface area contributed by atoms with E-state index in [2.05, 4.69) is 37.4 Å². The van der Waals surface area contributed by atoms with Crippen molar-refractivity contribution in [1.82, 2.24) is 15.3 Å². The van der Waals surface area contributed by atoms with Gasteiger partial charge in [-0.05, 0) is 30.2 Å². The predicted octanol–water partition coefficient (Wildman–Crippen LogP) is 0.582. The molecule has 0 spiro atoms. The van der Waals surface area contributed by atoms with Crippen molar-refractivity contribution in [2.24, 2.45) is 22.4 Å². The highest BCUT2D eigenvalue weighted by molar-refractivity contribution is 6.09. The van der Waals surface area contributed by atoms with E-state index < -0.39 is 5.91 Å². The van der Waals surface area contributed by atoms with Crippen LogP contribution in [0.5, 0.6) is 0 Å². The van der Waals surface area contributed by atoms with Crippen molar-refractivity contribution in [2.75, 3.05) is 60.1 Å². The van der Waals surface area contributed by atoms with Crippen LogP contribution >= 0.6 is 0 Å². The third kappa shape index (κ3) is 5.61. The average molecular weight is 531 g/mol. The van der Waals surface area contributed by atoms with Gasteiger partial charge in [-0.2, -0.15) is 0 Å². The molecule has 0 radical (unpaired) electrons. The van der Waals surface area contributed by atoms with Gasteiger partial charge in [0.2, 0.25) is 5.91 Å². The number of hydrogen-bond donors (Lipinski definition) is 5. The summed E-state index contributed by atoms with van der Waals surface area (Å²) in [5, 5.41) is 6.58. The molecule has 3 unspecified atom stereocenters. The van der Waals surface area contributed by atoms with E-state index in [0.717, 1.165) is 16.8 Å². The summed E-state index contributed by atoms with van der Waals surface area (Å²) < 4.78 is 0. The van der Waals surface area contributed by atoms with Gasteiger partial charge < -0.3 is 37.6 Å². The van der Waals surface area contributed by atoms with Crippen molar-refractivity contribution < 1.29 is 9.59 Å². The molecule has 1 aromatic carbocycles. The fourth-order valence-electron chi connectivity index (χ4n) is 5.30. The molecule has 2 aromatic heterocycles. The van der Waals surface area contributed by atoms with Gasteiger partial charge in [0.05, 0.1) is 41.4 Å². The standard InChI is InChI=1S/C27H34N10O2/c1-16-13-37(14-20(30)25(16)33-7-5-28)23-4-6-31-12-22(23)35-27(39)26-19(29)10-17-2-3-18(11-21(17)34-26)36-9-8-32-24(38)15-36/h2-4,6-7,10-12,16,20,25H,5,8-9,13-15,28-30H2,1H3,(H,32,38)(H,35,39). The molecule has 4 heterocycles. The van der Waals surface area contributed by atoms with E-state index in [1.165, 1.54) is 0 Å². The highest BCUT2D eigenvalue weighted by Crippen LogP contribution is 2.31. The molecule has 0 saturated carbocycles. The molecule has 2 aliphatic heterocycles. The van der Waals surface area contributed by atoms with Crippen LogP contribution in [0.4, 0.5) is 22.7 Å². The Hall–Kier alpha value is -4.29. The number of rotatable bonds is 6. The summed E-state index contributed by atoms with van der Waals surface area (Å²) in [5.74, 6) is -0.278. The monoisotopic (exact) mass is 530 g/mol. The Morgan fingerprint density at radius 2 is 2.10 bits per heavy atom. The zero-order valence-corrected chi connectivity index (χ0v) is 21.9. The minimum atomic E-state index is -0.439. The first-order chi connectivity index (χ1) is 18.8. The first kappa shape index (κ1) is 26.3. The molecule has 0 bridgehead atoms.